The van der Waals surface area contributed by atoms with E-state index in [-0.39, 0.29) is 10.8 Å². The van der Waals surface area contributed by atoms with Crippen LogP contribution in [0.1, 0.15) is 53.4 Å². The lowest BCUT2D eigenvalue weighted by Gasteiger charge is -2.25. The summed E-state index contributed by atoms with van der Waals surface area (Å²) in [5.41, 5.74) is -0.647. The van der Waals surface area contributed by atoms with Gasteiger partial charge in [-0.25, -0.2) is 8.42 Å². The lowest BCUT2D eigenvalue weighted by atomic mass is 10.1. The molecule has 2 aromatic rings. The average molecular weight is 481 g/mol. The molecule has 0 fully saturated rings. The number of nitrogens with one attached hydrogen (secondary N) is 1. The zero-order valence-corrected chi connectivity index (χ0v) is 20.8. The number of ether oxygens (including phenoxy) is 1. The zero-order valence-electron chi connectivity index (χ0n) is 19.2. The molecule has 0 radical (unpaired) electrons. The van der Waals surface area contributed by atoms with Crippen LogP contribution in [0.3, 0.4) is 0 Å². The molecule has 1 amide bonds. The molecule has 0 bridgehead atoms. The van der Waals surface area contributed by atoms with Crippen molar-refractivity contribution in [3.63, 3.8) is 0 Å². The topological polar surface area (TPSA) is 75.7 Å². The predicted octanol–water partition coefficient (Wildman–Crippen LogP) is 5.73. The van der Waals surface area contributed by atoms with Gasteiger partial charge in [-0.3, -0.25) is 4.79 Å². The molecule has 0 aliphatic rings. The summed E-state index contributed by atoms with van der Waals surface area (Å²) in [4.78, 5) is 13.0. The van der Waals surface area contributed by atoms with E-state index in [2.05, 4.69) is 5.32 Å². The van der Waals surface area contributed by atoms with E-state index in [9.17, 15) is 13.2 Å². The number of carbonyl (C=O) groups is 1. The summed E-state index contributed by atoms with van der Waals surface area (Å²) in [7, 11) is -3.58. The molecule has 2 aromatic carbocycles. The molecule has 8 heteroatoms. The molecule has 0 aliphatic carbocycles. The fourth-order valence-electron chi connectivity index (χ4n) is 3.01. The van der Waals surface area contributed by atoms with Gasteiger partial charge in [-0.1, -0.05) is 38.3 Å². The molecule has 0 atom stereocenters. The Morgan fingerprint density at radius 3 is 2.00 bits per heavy atom. The minimum absolute atomic E-state index is 0.222. The maximum Gasteiger partial charge on any atom is 0.267 e. The third-order valence-corrected chi connectivity index (χ3v) is 7.17. The standard InChI is InChI=1S/C24H33ClN2O4S/c1-5-7-17-27(18-8-6-2)32(29,30)22-15-11-20(12-16-22)26-23(28)24(3,4)31-21-13-9-19(25)10-14-21/h9-16H,5-8,17-18H2,1-4H3,(H,26,28). The van der Waals surface area contributed by atoms with Crippen LogP contribution < -0.4 is 10.1 Å². The number of hydrogen-bond acceptors (Lipinski definition) is 4. The molecule has 0 saturated carbocycles. The van der Waals surface area contributed by atoms with Gasteiger partial charge in [0.15, 0.2) is 5.60 Å². The van der Waals surface area contributed by atoms with Gasteiger partial charge >= 0.3 is 0 Å². The number of anilines is 1. The Morgan fingerprint density at radius 1 is 0.969 bits per heavy atom. The van der Waals surface area contributed by atoms with Crippen molar-refractivity contribution >= 4 is 33.2 Å². The smallest absolute Gasteiger partial charge is 0.267 e. The SMILES string of the molecule is CCCCN(CCCC)S(=O)(=O)c1ccc(NC(=O)C(C)(C)Oc2ccc(Cl)cc2)cc1. The second kappa shape index (κ2) is 11.7. The maximum atomic E-state index is 13.1. The van der Waals surface area contributed by atoms with E-state index < -0.39 is 15.6 Å². The van der Waals surface area contributed by atoms with E-state index in [1.54, 1.807) is 54.6 Å². The van der Waals surface area contributed by atoms with Gasteiger partial charge in [0.1, 0.15) is 5.75 Å². The summed E-state index contributed by atoms with van der Waals surface area (Å²) in [6, 6.07) is 13.0. The second-order valence-corrected chi connectivity index (χ2v) is 10.5. The number of carbonyl (C=O) groups excluding carboxylic acids is 1. The Kier molecular flexibility index (Phi) is 9.55. The van der Waals surface area contributed by atoms with Crippen molar-refractivity contribution in [3.05, 3.63) is 53.6 Å². The van der Waals surface area contributed by atoms with Crippen LogP contribution in [0, 0.1) is 0 Å². The fraction of sp³-hybridized carbons (Fsp3) is 0.458. The number of amides is 1. The summed E-state index contributed by atoms with van der Waals surface area (Å²) in [6.07, 6.45) is 3.49. The summed E-state index contributed by atoms with van der Waals surface area (Å²) >= 11 is 5.89. The Hall–Kier alpha value is -2.09. The molecule has 0 spiro atoms. The first-order valence-corrected chi connectivity index (χ1v) is 12.8. The number of hydrogen-bond donors (Lipinski definition) is 1. The van der Waals surface area contributed by atoms with Gasteiger partial charge < -0.3 is 10.1 Å². The minimum atomic E-state index is -3.58. The van der Waals surface area contributed by atoms with E-state index in [0.29, 0.717) is 29.5 Å². The van der Waals surface area contributed by atoms with Crippen molar-refractivity contribution in [2.75, 3.05) is 18.4 Å². The molecular weight excluding hydrogens is 448 g/mol. The molecule has 32 heavy (non-hydrogen) atoms. The number of halogens is 1. The molecule has 0 unspecified atom stereocenters. The number of unbranched alkanes of at least 4 members (excludes halogenated alkanes) is 2. The van der Waals surface area contributed by atoms with E-state index >= 15 is 0 Å². The molecule has 1 N–H and O–H groups in total. The van der Waals surface area contributed by atoms with Crippen LogP contribution >= 0.6 is 11.6 Å². The van der Waals surface area contributed by atoms with Crippen LogP contribution in [0.5, 0.6) is 5.75 Å². The molecule has 0 saturated heterocycles. The highest BCUT2D eigenvalue weighted by Crippen LogP contribution is 2.23. The minimum Gasteiger partial charge on any atom is -0.478 e. The summed E-state index contributed by atoms with van der Waals surface area (Å²) in [5, 5.41) is 3.37. The number of sulfonamides is 1. The van der Waals surface area contributed by atoms with Crippen LogP contribution in [0.25, 0.3) is 0 Å². The quantitative estimate of drug-likeness (QED) is 0.421. The zero-order chi connectivity index (χ0) is 23.8. The van der Waals surface area contributed by atoms with E-state index in [4.69, 9.17) is 16.3 Å². The molecule has 176 valence electrons. The lowest BCUT2D eigenvalue weighted by molar-refractivity contribution is -0.128. The highest BCUT2D eigenvalue weighted by Gasteiger charge is 2.30. The van der Waals surface area contributed by atoms with Crippen molar-refractivity contribution in [2.45, 2.75) is 63.9 Å². The van der Waals surface area contributed by atoms with Crippen molar-refractivity contribution < 1.29 is 17.9 Å². The van der Waals surface area contributed by atoms with Crippen molar-refractivity contribution in [2.24, 2.45) is 0 Å². The Balaban J connectivity index is 2.09. The highest BCUT2D eigenvalue weighted by molar-refractivity contribution is 7.89. The molecule has 6 nitrogen and oxygen atoms in total. The van der Waals surface area contributed by atoms with Crippen LogP contribution in [-0.4, -0.2) is 37.3 Å². The van der Waals surface area contributed by atoms with Gasteiger partial charge in [-0.15, -0.1) is 0 Å². The van der Waals surface area contributed by atoms with Gasteiger partial charge in [0.2, 0.25) is 10.0 Å². The van der Waals surface area contributed by atoms with Gasteiger partial charge in [0.25, 0.3) is 5.91 Å². The van der Waals surface area contributed by atoms with Crippen LogP contribution in [0.4, 0.5) is 5.69 Å². The molecule has 2 rings (SSSR count). The lowest BCUT2D eigenvalue weighted by Crippen LogP contribution is -2.42. The molecule has 0 aromatic heterocycles. The second-order valence-electron chi connectivity index (χ2n) is 8.16. The fourth-order valence-corrected chi connectivity index (χ4v) is 4.65. The summed E-state index contributed by atoms with van der Waals surface area (Å²) < 4.78 is 33.5. The highest BCUT2D eigenvalue weighted by atomic mass is 35.5. The third-order valence-electron chi connectivity index (χ3n) is 5.01. The van der Waals surface area contributed by atoms with Gasteiger partial charge in [-0.05, 0) is 75.2 Å². The van der Waals surface area contributed by atoms with Crippen molar-refractivity contribution in [1.29, 1.82) is 0 Å². The monoisotopic (exact) mass is 480 g/mol. The van der Waals surface area contributed by atoms with Crippen LogP contribution in [-0.2, 0) is 14.8 Å². The van der Waals surface area contributed by atoms with E-state index in [0.717, 1.165) is 25.7 Å². The average Bonchev–Trinajstić information content (AvgIpc) is 2.75. The number of rotatable bonds is 12. The van der Waals surface area contributed by atoms with Crippen molar-refractivity contribution in [3.8, 4) is 5.75 Å². The first-order chi connectivity index (χ1) is 15.1. The molecular formula is C24H33ClN2O4S. The Labute approximate surface area is 197 Å². The third kappa shape index (κ3) is 7.22. The number of benzene rings is 2. The first-order valence-electron chi connectivity index (χ1n) is 11.0. The normalized spacial score (nSPS) is 12.1. The maximum absolute atomic E-state index is 13.1. The largest absolute Gasteiger partial charge is 0.478 e. The summed E-state index contributed by atoms with van der Waals surface area (Å²) in [6.45, 7) is 8.42. The van der Waals surface area contributed by atoms with Gasteiger partial charge in [-0.2, -0.15) is 4.31 Å². The van der Waals surface area contributed by atoms with Crippen LogP contribution in [0.2, 0.25) is 5.02 Å². The van der Waals surface area contributed by atoms with Gasteiger partial charge in [0.05, 0.1) is 4.90 Å². The number of nitrogens with zero attached hydrogens (tertiary/aromatic N) is 1. The molecule has 0 heterocycles. The van der Waals surface area contributed by atoms with Crippen molar-refractivity contribution in [1.82, 2.24) is 4.31 Å². The van der Waals surface area contributed by atoms with E-state index in [1.807, 2.05) is 13.8 Å². The predicted molar refractivity (Wildman–Crippen MR) is 130 cm³/mol. The Bertz CT molecular complexity index is 966. The summed E-state index contributed by atoms with van der Waals surface area (Å²) in [5.74, 6) is 0.172. The molecule has 0 aliphatic heterocycles. The van der Waals surface area contributed by atoms with Gasteiger partial charge in [0, 0.05) is 23.8 Å². The van der Waals surface area contributed by atoms with E-state index in [1.165, 1.54) is 12.1 Å². The Morgan fingerprint density at radius 2 is 1.50 bits per heavy atom. The van der Waals surface area contributed by atoms with Crippen LogP contribution in [0.15, 0.2) is 53.4 Å². The first kappa shape index (κ1) is 26.2.